The molecule has 0 aromatic heterocycles. The summed E-state index contributed by atoms with van der Waals surface area (Å²) < 4.78 is 23.5. The number of hydrogen-bond acceptors (Lipinski definition) is 5. The molecular formula is C22H34BNO5. The molecule has 0 spiro atoms. The molecule has 6 nitrogen and oxygen atoms in total. The summed E-state index contributed by atoms with van der Waals surface area (Å²) >= 11 is 0. The highest BCUT2D eigenvalue weighted by Crippen LogP contribution is 2.36. The molecule has 0 atom stereocenters. The second-order valence-electron chi connectivity index (χ2n) is 9.91. The number of carbonyl (C=O) groups excluding carboxylic acids is 1. The van der Waals surface area contributed by atoms with Gasteiger partial charge in [-0.05, 0) is 78.9 Å². The van der Waals surface area contributed by atoms with Crippen molar-refractivity contribution in [1.82, 2.24) is 4.90 Å². The third-order valence-electron chi connectivity index (χ3n) is 5.62. The minimum absolute atomic E-state index is 0.264. The van der Waals surface area contributed by atoms with Crippen molar-refractivity contribution < 1.29 is 23.6 Å². The Labute approximate surface area is 175 Å². The SMILES string of the molecule is CC(C)(C)OC(=O)N(CCOc1ccc(B2OC(C)(C)C(C)(C)O2)cc1)C1CC1. The first kappa shape index (κ1) is 22.0. The van der Waals surface area contributed by atoms with E-state index in [-0.39, 0.29) is 30.5 Å². The fourth-order valence-corrected chi connectivity index (χ4v) is 3.09. The van der Waals surface area contributed by atoms with Gasteiger partial charge in [-0.1, -0.05) is 12.1 Å². The van der Waals surface area contributed by atoms with Crippen molar-refractivity contribution in [3.63, 3.8) is 0 Å². The molecular weight excluding hydrogens is 369 g/mol. The lowest BCUT2D eigenvalue weighted by molar-refractivity contribution is 0.00578. The van der Waals surface area contributed by atoms with Crippen molar-refractivity contribution in [1.29, 1.82) is 0 Å². The molecule has 1 saturated heterocycles. The van der Waals surface area contributed by atoms with E-state index in [0.29, 0.717) is 13.2 Å². The number of benzene rings is 1. The fraction of sp³-hybridized carbons (Fsp3) is 0.682. The molecule has 1 amide bonds. The second kappa shape index (κ2) is 7.84. The first-order chi connectivity index (χ1) is 13.4. The molecule has 1 aliphatic carbocycles. The Balaban J connectivity index is 1.52. The van der Waals surface area contributed by atoms with Crippen molar-refractivity contribution in [2.75, 3.05) is 13.2 Å². The molecule has 160 valence electrons. The number of nitrogens with zero attached hydrogens (tertiary/aromatic N) is 1. The van der Waals surface area contributed by atoms with E-state index in [1.807, 2.05) is 72.7 Å². The molecule has 0 N–H and O–H groups in total. The van der Waals surface area contributed by atoms with E-state index in [1.165, 1.54) is 0 Å². The third-order valence-corrected chi connectivity index (χ3v) is 5.62. The topological polar surface area (TPSA) is 57.2 Å². The maximum Gasteiger partial charge on any atom is 0.494 e. The normalized spacial score (nSPS) is 20.4. The maximum atomic E-state index is 12.4. The van der Waals surface area contributed by atoms with Crippen molar-refractivity contribution in [3.05, 3.63) is 24.3 Å². The average molecular weight is 403 g/mol. The lowest BCUT2D eigenvalue weighted by atomic mass is 9.79. The van der Waals surface area contributed by atoms with Crippen LogP contribution in [0.1, 0.15) is 61.3 Å². The number of carbonyl (C=O) groups is 1. The molecule has 7 heteroatoms. The zero-order valence-corrected chi connectivity index (χ0v) is 18.8. The molecule has 0 radical (unpaired) electrons. The van der Waals surface area contributed by atoms with Crippen LogP contribution >= 0.6 is 0 Å². The van der Waals surface area contributed by atoms with Crippen LogP contribution < -0.4 is 10.2 Å². The van der Waals surface area contributed by atoms with Crippen LogP contribution in [0.5, 0.6) is 5.75 Å². The predicted octanol–water partition coefficient (Wildman–Crippen LogP) is 3.76. The summed E-state index contributed by atoms with van der Waals surface area (Å²) in [5.41, 5.74) is -0.250. The Kier molecular flexibility index (Phi) is 5.94. The van der Waals surface area contributed by atoms with Gasteiger partial charge < -0.3 is 23.7 Å². The van der Waals surface area contributed by atoms with E-state index in [4.69, 9.17) is 18.8 Å². The van der Waals surface area contributed by atoms with Gasteiger partial charge in [0.1, 0.15) is 18.0 Å². The maximum absolute atomic E-state index is 12.4. The van der Waals surface area contributed by atoms with E-state index in [9.17, 15) is 4.79 Å². The van der Waals surface area contributed by atoms with Crippen LogP contribution in [0.25, 0.3) is 0 Å². The van der Waals surface area contributed by atoms with Crippen LogP contribution in [0, 0.1) is 0 Å². The molecule has 29 heavy (non-hydrogen) atoms. The van der Waals surface area contributed by atoms with E-state index in [1.54, 1.807) is 4.90 Å². The number of ether oxygens (including phenoxy) is 2. The molecule has 2 fully saturated rings. The first-order valence-electron chi connectivity index (χ1n) is 10.5. The Morgan fingerprint density at radius 2 is 1.66 bits per heavy atom. The quantitative estimate of drug-likeness (QED) is 0.677. The summed E-state index contributed by atoms with van der Waals surface area (Å²) in [5, 5.41) is 0. The fourth-order valence-electron chi connectivity index (χ4n) is 3.09. The van der Waals surface area contributed by atoms with E-state index in [2.05, 4.69) is 0 Å². The van der Waals surface area contributed by atoms with E-state index >= 15 is 0 Å². The lowest BCUT2D eigenvalue weighted by Gasteiger charge is -2.32. The molecule has 1 aliphatic heterocycles. The number of rotatable bonds is 6. The smallest absolute Gasteiger partial charge is 0.492 e. The third kappa shape index (κ3) is 5.46. The lowest BCUT2D eigenvalue weighted by Crippen LogP contribution is -2.41. The van der Waals surface area contributed by atoms with Crippen molar-refractivity contribution in [3.8, 4) is 5.75 Å². The van der Waals surface area contributed by atoms with Gasteiger partial charge in [0.05, 0.1) is 17.7 Å². The van der Waals surface area contributed by atoms with E-state index in [0.717, 1.165) is 24.1 Å². The Morgan fingerprint density at radius 3 is 2.14 bits per heavy atom. The van der Waals surface area contributed by atoms with Gasteiger partial charge in [-0.3, -0.25) is 0 Å². The summed E-state index contributed by atoms with van der Waals surface area (Å²) in [6.45, 7) is 14.8. The summed E-state index contributed by atoms with van der Waals surface area (Å²) in [4.78, 5) is 14.2. The Bertz CT molecular complexity index is 706. The molecule has 1 saturated carbocycles. The van der Waals surface area contributed by atoms with Crippen LogP contribution in [0.15, 0.2) is 24.3 Å². The zero-order chi connectivity index (χ0) is 21.4. The van der Waals surface area contributed by atoms with Gasteiger partial charge in [-0.15, -0.1) is 0 Å². The first-order valence-corrected chi connectivity index (χ1v) is 10.5. The molecule has 0 unspecified atom stereocenters. The highest BCUT2D eigenvalue weighted by Gasteiger charge is 2.51. The number of amides is 1. The average Bonchev–Trinajstić information content (AvgIpc) is 3.38. The monoisotopic (exact) mass is 403 g/mol. The van der Waals surface area contributed by atoms with Crippen LogP contribution in [0.4, 0.5) is 4.79 Å². The summed E-state index contributed by atoms with van der Waals surface area (Å²) in [6.07, 6.45) is 1.80. The van der Waals surface area contributed by atoms with Gasteiger partial charge in [0.25, 0.3) is 0 Å². The Hall–Kier alpha value is -1.73. The van der Waals surface area contributed by atoms with Crippen molar-refractivity contribution >= 4 is 18.7 Å². The zero-order valence-electron chi connectivity index (χ0n) is 18.8. The van der Waals surface area contributed by atoms with Crippen LogP contribution in [0.2, 0.25) is 0 Å². The summed E-state index contributed by atoms with van der Waals surface area (Å²) in [6, 6.07) is 8.03. The van der Waals surface area contributed by atoms with Crippen molar-refractivity contribution in [2.45, 2.75) is 84.2 Å². The van der Waals surface area contributed by atoms with Crippen molar-refractivity contribution in [2.24, 2.45) is 0 Å². The predicted molar refractivity (Wildman–Crippen MR) is 114 cm³/mol. The van der Waals surface area contributed by atoms with Gasteiger partial charge in [-0.2, -0.15) is 0 Å². The van der Waals surface area contributed by atoms with Crippen LogP contribution in [0.3, 0.4) is 0 Å². The van der Waals surface area contributed by atoms with Gasteiger partial charge >= 0.3 is 13.2 Å². The molecule has 3 rings (SSSR count). The van der Waals surface area contributed by atoms with Gasteiger partial charge in [-0.25, -0.2) is 4.79 Å². The molecule has 1 aromatic rings. The van der Waals surface area contributed by atoms with Crippen LogP contribution in [-0.4, -0.2) is 54.1 Å². The minimum atomic E-state index is -0.492. The highest BCUT2D eigenvalue weighted by atomic mass is 16.7. The number of hydrogen-bond donors (Lipinski definition) is 0. The standard InChI is InChI=1S/C22H34BNO5/c1-20(2,3)27-19(25)24(17-10-11-17)14-15-26-18-12-8-16(9-13-18)23-28-21(4,5)22(6,7)29-23/h8-9,12-13,17H,10-11,14-15H2,1-7H3. The summed E-state index contributed by atoms with van der Waals surface area (Å²) in [5.74, 6) is 0.755. The van der Waals surface area contributed by atoms with E-state index < -0.39 is 5.60 Å². The second-order valence-corrected chi connectivity index (χ2v) is 9.91. The molecule has 2 aliphatic rings. The summed E-state index contributed by atoms with van der Waals surface area (Å²) in [7, 11) is -0.383. The Morgan fingerprint density at radius 1 is 1.10 bits per heavy atom. The molecule has 1 heterocycles. The molecule has 1 aromatic carbocycles. The minimum Gasteiger partial charge on any atom is -0.492 e. The molecule has 0 bridgehead atoms. The highest BCUT2D eigenvalue weighted by molar-refractivity contribution is 6.62. The van der Waals surface area contributed by atoms with Gasteiger partial charge in [0.15, 0.2) is 0 Å². The van der Waals surface area contributed by atoms with Crippen LogP contribution in [-0.2, 0) is 14.0 Å². The van der Waals surface area contributed by atoms with Gasteiger partial charge in [0.2, 0.25) is 0 Å². The van der Waals surface area contributed by atoms with Gasteiger partial charge in [0, 0.05) is 6.04 Å². The largest absolute Gasteiger partial charge is 0.494 e.